The minimum absolute atomic E-state index is 0.267. The average Bonchev–Trinajstić information content (AvgIpc) is 2.99. The molecule has 0 amide bonds. The predicted molar refractivity (Wildman–Crippen MR) is 88.7 cm³/mol. The average molecular weight is 310 g/mol. The molecule has 5 nitrogen and oxygen atoms in total. The minimum Gasteiger partial charge on any atom is -0.507 e. The van der Waals surface area contributed by atoms with Crippen molar-refractivity contribution in [2.75, 3.05) is 0 Å². The van der Waals surface area contributed by atoms with E-state index in [0.29, 0.717) is 0 Å². The summed E-state index contributed by atoms with van der Waals surface area (Å²) in [5.41, 5.74) is 3.76. The molecule has 1 aromatic heterocycles. The molecule has 0 aliphatic rings. The highest BCUT2D eigenvalue weighted by Crippen LogP contribution is 2.31. The zero-order valence-corrected chi connectivity index (χ0v) is 13.0. The lowest BCUT2D eigenvalue weighted by Gasteiger charge is -2.09. The highest BCUT2D eigenvalue weighted by molar-refractivity contribution is 5.69. The smallest absolute Gasteiger partial charge is 0.300 e. The Morgan fingerprint density at radius 1 is 1.09 bits per heavy atom. The van der Waals surface area contributed by atoms with E-state index in [1.165, 1.54) is 0 Å². The van der Waals surface area contributed by atoms with Crippen LogP contribution in [0.4, 0.5) is 0 Å². The molecule has 118 valence electrons. The van der Waals surface area contributed by atoms with Crippen molar-refractivity contribution in [1.82, 2.24) is 9.78 Å². The highest BCUT2D eigenvalue weighted by Gasteiger charge is 2.11. The molecule has 0 spiro atoms. The van der Waals surface area contributed by atoms with Crippen molar-refractivity contribution in [2.24, 2.45) is 0 Å². The van der Waals surface area contributed by atoms with Gasteiger partial charge in [-0.15, -0.1) is 0 Å². The van der Waals surface area contributed by atoms with Gasteiger partial charge in [0, 0.05) is 12.5 Å². The van der Waals surface area contributed by atoms with E-state index in [-0.39, 0.29) is 5.75 Å². The number of carboxylic acids is 1. The predicted octanol–water partition coefficient (Wildman–Crippen LogP) is 3.64. The minimum atomic E-state index is -0.833. The van der Waals surface area contributed by atoms with Crippen molar-refractivity contribution < 1.29 is 15.0 Å². The fourth-order valence-corrected chi connectivity index (χ4v) is 2.14. The van der Waals surface area contributed by atoms with E-state index in [4.69, 9.17) is 9.90 Å². The first-order chi connectivity index (χ1) is 11.0. The molecule has 1 heterocycles. The lowest BCUT2D eigenvalue weighted by atomic mass is 10.1. The molecule has 23 heavy (non-hydrogen) atoms. The summed E-state index contributed by atoms with van der Waals surface area (Å²) in [6.07, 6.45) is 1.74. The van der Waals surface area contributed by atoms with Crippen LogP contribution in [0.15, 0.2) is 60.8 Å². The van der Waals surface area contributed by atoms with Crippen molar-refractivity contribution in [3.63, 3.8) is 0 Å². The maximum Gasteiger partial charge on any atom is 0.300 e. The quantitative estimate of drug-likeness (QED) is 0.757. The lowest BCUT2D eigenvalue weighted by Crippen LogP contribution is -1.98. The number of carbonyl (C=O) groups is 1. The Hall–Kier alpha value is -3.08. The summed E-state index contributed by atoms with van der Waals surface area (Å²) in [6.45, 7) is 3.09. The second-order valence-corrected chi connectivity index (χ2v) is 5.00. The third-order valence-corrected chi connectivity index (χ3v) is 3.07. The van der Waals surface area contributed by atoms with Crippen molar-refractivity contribution >= 4 is 5.97 Å². The van der Waals surface area contributed by atoms with Crippen LogP contribution in [0.3, 0.4) is 0 Å². The van der Waals surface area contributed by atoms with Gasteiger partial charge in [-0.2, -0.15) is 5.10 Å². The van der Waals surface area contributed by atoms with E-state index in [2.05, 4.69) is 5.10 Å². The van der Waals surface area contributed by atoms with Gasteiger partial charge in [0.2, 0.25) is 0 Å². The van der Waals surface area contributed by atoms with Crippen molar-refractivity contribution in [1.29, 1.82) is 0 Å². The first kappa shape index (κ1) is 16.3. The first-order valence-electron chi connectivity index (χ1n) is 7.08. The first-order valence-corrected chi connectivity index (χ1v) is 7.08. The van der Waals surface area contributed by atoms with Crippen LogP contribution in [-0.2, 0) is 4.79 Å². The topological polar surface area (TPSA) is 75.3 Å². The van der Waals surface area contributed by atoms with Gasteiger partial charge in [0.25, 0.3) is 5.97 Å². The van der Waals surface area contributed by atoms with Crippen LogP contribution in [0.1, 0.15) is 12.5 Å². The molecular formula is C18H18N2O3. The molecule has 3 rings (SSSR count). The molecule has 0 unspecified atom stereocenters. The van der Waals surface area contributed by atoms with E-state index in [0.717, 1.165) is 29.4 Å². The van der Waals surface area contributed by atoms with Crippen LogP contribution in [0.5, 0.6) is 5.75 Å². The van der Waals surface area contributed by atoms with Crippen molar-refractivity contribution in [2.45, 2.75) is 13.8 Å². The zero-order chi connectivity index (χ0) is 16.8. The van der Waals surface area contributed by atoms with Gasteiger partial charge in [-0.3, -0.25) is 4.79 Å². The number of nitrogens with zero attached hydrogens (tertiary/aromatic N) is 2. The summed E-state index contributed by atoms with van der Waals surface area (Å²) in [5, 5.41) is 21.8. The Morgan fingerprint density at radius 2 is 1.74 bits per heavy atom. The Kier molecular flexibility index (Phi) is 5.15. The van der Waals surface area contributed by atoms with Gasteiger partial charge in [0.1, 0.15) is 5.75 Å². The zero-order valence-electron chi connectivity index (χ0n) is 13.0. The number of phenolic OH excluding ortho intramolecular Hbond substituents is 1. The summed E-state index contributed by atoms with van der Waals surface area (Å²) in [5.74, 6) is -0.566. The molecule has 0 saturated carbocycles. The number of benzene rings is 2. The molecule has 0 atom stereocenters. The fourth-order valence-electron chi connectivity index (χ4n) is 2.14. The summed E-state index contributed by atoms with van der Waals surface area (Å²) < 4.78 is 1.83. The number of aromatic nitrogens is 2. The maximum atomic E-state index is 10.0. The van der Waals surface area contributed by atoms with E-state index in [1.807, 2.05) is 60.1 Å². The number of rotatable bonds is 2. The second kappa shape index (κ2) is 7.26. The van der Waals surface area contributed by atoms with Gasteiger partial charge in [-0.1, -0.05) is 29.8 Å². The molecular weight excluding hydrogens is 292 g/mol. The SMILES string of the molecule is CC(=O)O.Cc1ccc(O)c(-c2ccnn2-c2ccccc2)c1. The van der Waals surface area contributed by atoms with Crippen LogP contribution in [-0.4, -0.2) is 26.0 Å². The molecule has 3 aromatic rings. The molecule has 0 aliphatic carbocycles. The van der Waals surface area contributed by atoms with Crippen LogP contribution >= 0.6 is 0 Å². The maximum absolute atomic E-state index is 10.0. The summed E-state index contributed by atoms with van der Waals surface area (Å²) in [6, 6.07) is 17.4. The van der Waals surface area contributed by atoms with Gasteiger partial charge in [-0.05, 0) is 37.3 Å². The molecule has 0 radical (unpaired) electrons. The Morgan fingerprint density at radius 3 is 2.39 bits per heavy atom. The third-order valence-electron chi connectivity index (χ3n) is 3.07. The Balaban J connectivity index is 0.000000433. The number of aliphatic carboxylic acids is 1. The van der Waals surface area contributed by atoms with Gasteiger partial charge in [-0.25, -0.2) is 4.68 Å². The summed E-state index contributed by atoms with van der Waals surface area (Å²) in [4.78, 5) is 9.00. The highest BCUT2D eigenvalue weighted by atomic mass is 16.4. The number of phenols is 1. The van der Waals surface area contributed by atoms with E-state index in [9.17, 15) is 5.11 Å². The summed E-state index contributed by atoms with van der Waals surface area (Å²) in [7, 11) is 0. The number of hydrogen-bond donors (Lipinski definition) is 2. The van der Waals surface area contributed by atoms with Crippen molar-refractivity contribution in [3.8, 4) is 22.7 Å². The van der Waals surface area contributed by atoms with Crippen LogP contribution < -0.4 is 0 Å². The van der Waals surface area contributed by atoms with Gasteiger partial charge in [0.05, 0.1) is 17.6 Å². The standard InChI is InChI=1S/C16H14N2O.C2H4O2/c1-12-7-8-16(19)14(11-12)15-9-10-17-18(15)13-5-3-2-4-6-13;1-2(3)4/h2-11,19H,1H3;1H3,(H,3,4). The molecule has 0 fully saturated rings. The normalized spacial score (nSPS) is 9.83. The van der Waals surface area contributed by atoms with Gasteiger partial charge in [0.15, 0.2) is 0 Å². The fraction of sp³-hybridized carbons (Fsp3) is 0.111. The molecule has 0 aliphatic heterocycles. The van der Waals surface area contributed by atoms with E-state index < -0.39 is 5.97 Å². The van der Waals surface area contributed by atoms with E-state index in [1.54, 1.807) is 12.3 Å². The second-order valence-electron chi connectivity index (χ2n) is 5.00. The van der Waals surface area contributed by atoms with Crippen molar-refractivity contribution in [3.05, 3.63) is 66.4 Å². The third kappa shape index (κ3) is 4.20. The molecule has 0 bridgehead atoms. The number of hydrogen-bond acceptors (Lipinski definition) is 3. The number of carboxylic acid groups (broad SMARTS) is 1. The largest absolute Gasteiger partial charge is 0.507 e. The van der Waals surface area contributed by atoms with Crippen LogP contribution in [0.25, 0.3) is 16.9 Å². The number of para-hydroxylation sites is 1. The molecule has 2 N–H and O–H groups in total. The molecule has 5 heteroatoms. The monoisotopic (exact) mass is 310 g/mol. The van der Waals surface area contributed by atoms with Gasteiger partial charge >= 0.3 is 0 Å². The summed E-state index contributed by atoms with van der Waals surface area (Å²) >= 11 is 0. The van der Waals surface area contributed by atoms with Gasteiger partial charge < -0.3 is 10.2 Å². The lowest BCUT2D eigenvalue weighted by molar-refractivity contribution is -0.134. The number of aromatic hydroxyl groups is 1. The Labute approximate surface area is 134 Å². The number of aryl methyl sites for hydroxylation is 1. The van der Waals surface area contributed by atoms with Crippen LogP contribution in [0.2, 0.25) is 0 Å². The van der Waals surface area contributed by atoms with Crippen LogP contribution in [0, 0.1) is 6.92 Å². The Bertz CT molecular complexity index is 791. The molecule has 0 saturated heterocycles. The molecule has 2 aromatic carbocycles. The van der Waals surface area contributed by atoms with E-state index >= 15 is 0 Å².